The molecule has 0 saturated carbocycles. The highest BCUT2D eigenvalue weighted by Crippen LogP contribution is 2.39. The molecule has 1 amide bonds. The van der Waals surface area contributed by atoms with Crippen molar-refractivity contribution in [1.82, 2.24) is 10.3 Å². The van der Waals surface area contributed by atoms with Crippen LogP contribution in [0.3, 0.4) is 0 Å². The summed E-state index contributed by atoms with van der Waals surface area (Å²) in [5.41, 5.74) is 3.92. The largest absolute Gasteiger partial charge is 0.486 e. The van der Waals surface area contributed by atoms with Gasteiger partial charge in [0.15, 0.2) is 0 Å². The maximum Gasteiger partial charge on any atom is 0.251 e. The van der Waals surface area contributed by atoms with Crippen molar-refractivity contribution in [2.75, 3.05) is 6.54 Å². The number of ether oxygens (including phenoxy) is 1. The maximum absolute atomic E-state index is 12.1. The van der Waals surface area contributed by atoms with Crippen LogP contribution in [0, 0.1) is 0 Å². The van der Waals surface area contributed by atoms with Crippen LogP contribution < -0.4 is 10.1 Å². The lowest BCUT2D eigenvalue weighted by Crippen LogP contribution is -2.34. The first kappa shape index (κ1) is 16.1. The van der Waals surface area contributed by atoms with E-state index in [2.05, 4.69) is 27.8 Å². The van der Waals surface area contributed by atoms with E-state index in [1.165, 1.54) is 0 Å². The van der Waals surface area contributed by atoms with E-state index in [1.807, 2.05) is 11.4 Å². The lowest BCUT2D eigenvalue weighted by atomic mass is 10.0. The molecule has 3 heterocycles. The average Bonchev–Trinajstić information content (AvgIpc) is 3.30. The number of benzene rings is 1. The first-order valence-corrected chi connectivity index (χ1v) is 9.22. The SMILES string of the molecule is O=C(NCC1Cc2cc(-c3ccsc3)cc(Cl)c2O1)c1ccncc1. The minimum absolute atomic E-state index is 0.115. The number of hydrogen-bond donors (Lipinski definition) is 1. The number of nitrogens with zero attached hydrogens (tertiary/aromatic N) is 1. The third-order valence-corrected chi connectivity index (χ3v) is 5.10. The molecule has 1 N–H and O–H groups in total. The molecule has 0 spiro atoms. The molecular formula is C19H15ClN2O2S. The molecule has 1 aliphatic heterocycles. The van der Waals surface area contributed by atoms with Gasteiger partial charge in [-0.1, -0.05) is 11.6 Å². The predicted molar refractivity (Wildman–Crippen MR) is 99.5 cm³/mol. The van der Waals surface area contributed by atoms with Gasteiger partial charge in [0.25, 0.3) is 5.91 Å². The van der Waals surface area contributed by atoms with Crippen LogP contribution in [0.1, 0.15) is 15.9 Å². The van der Waals surface area contributed by atoms with Gasteiger partial charge in [-0.25, -0.2) is 0 Å². The summed E-state index contributed by atoms with van der Waals surface area (Å²) in [5.74, 6) is 0.593. The number of amides is 1. The summed E-state index contributed by atoms with van der Waals surface area (Å²) in [6.45, 7) is 0.431. The minimum atomic E-state index is -0.132. The van der Waals surface area contributed by atoms with Gasteiger partial charge in [0, 0.05) is 29.9 Å². The Hall–Kier alpha value is -2.37. The smallest absolute Gasteiger partial charge is 0.251 e. The number of carbonyl (C=O) groups is 1. The van der Waals surface area contributed by atoms with Crippen molar-refractivity contribution in [3.05, 3.63) is 69.6 Å². The van der Waals surface area contributed by atoms with Crippen molar-refractivity contribution in [2.45, 2.75) is 12.5 Å². The summed E-state index contributed by atoms with van der Waals surface area (Å²) in [6, 6.07) is 9.49. The summed E-state index contributed by atoms with van der Waals surface area (Å²) >= 11 is 8.06. The van der Waals surface area contributed by atoms with Crippen molar-refractivity contribution < 1.29 is 9.53 Å². The molecule has 6 heteroatoms. The molecule has 0 radical (unpaired) electrons. The van der Waals surface area contributed by atoms with E-state index in [1.54, 1.807) is 35.9 Å². The van der Waals surface area contributed by atoms with E-state index in [0.29, 0.717) is 17.1 Å². The maximum atomic E-state index is 12.1. The predicted octanol–water partition coefficient (Wildman–Crippen LogP) is 4.20. The van der Waals surface area contributed by atoms with Gasteiger partial charge in [-0.3, -0.25) is 9.78 Å². The second-order valence-electron chi connectivity index (χ2n) is 5.85. The van der Waals surface area contributed by atoms with Crippen LogP contribution in [0.25, 0.3) is 11.1 Å². The number of thiophene rings is 1. The van der Waals surface area contributed by atoms with E-state index in [9.17, 15) is 4.79 Å². The van der Waals surface area contributed by atoms with Crippen molar-refractivity contribution in [1.29, 1.82) is 0 Å². The molecule has 25 heavy (non-hydrogen) atoms. The summed E-state index contributed by atoms with van der Waals surface area (Å²) in [7, 11) is 0. The Kier molecular flexibility index (Phi) is 4.42. The number of carbonyl (C=O) groups excluding carboxylic acids is 1. The van der Waals surface area contributed by atoms with Gasteiger partial charge in [-0.2, -0.15) is 11.3 Å². The van der Waals surface area contributed by atoms with Crippen LogP contribution in [0.5, 0.6) is 5.75 Å². The van der Waals surface area contributed by atoms with Gasteiger partial charge in [0.2, 0.25) is 0 Å². The van der Waals surface area contributed by atoms with E-state index >= 15 is 0 Å². The summed E-state index contributed by atoms with van der Waals surface area (Å²) in [6.07, 6.45) is 3.81. The highest BCUT2D eigenvalue weighted by Gasteiger charge is 2.26. The normalized spacial score (nSPS) is 15.5. The summed E-state index contributed by atoms with van der Waals surface area (Å²) in [5, 5.41) is 7.66. The van der Waals surface area contributed by atoms with Gasteiger partial charge >= 0.3 is 0 Å². The number of rotatable bonds is 4. The number of aromatic nitrogens is 1. The molecule has 1 unspecified atom stereocenters. The van der Waals surface area contributed by atoms with Crippen LogP contribution in [0.4, 0.5) is 0 Å². The lowest BCUT2D eigenvalue weighted by molar-refractivity contribution is 0.0933. The quantitative estimate of drug-likeness (QED) is 0.748. The lowest BCUT2D eigenvalue weighted by Gasteiger charge is -2.12. The van der Waals surface area contributed by atoms with Crippen LogP contribution in [0.15, 0.2) is 53.5 Å². The zero-order valence-electron chi connectivity index (χ0n) is 13.2. The van der Waals surface area contributed by atoms with Gasteiger partial charge in [-0.05, 0) is 52.2 Å². The molecule has 3 aromatic rings. The number of hydrogen-bond acceptors (Lipinski definition) is 4. The van der Waals surface area contributed by atoms with E-state index in [-0.39, 0.29) is 12.0 Å². The Morgan fingerprint density at radius 2 is 2.12 bits per heavy atom. The summed E-state index contributed by atoms with van der Waals surface area (Å²) < 4.78 is 5.94. The Morgan fingerprint density at radius 3 is 2.88 bits per heavy atom. The van der Waals surface area contributed by atoms with Gasteiger partial charge in [0.1, 0.15) is 11.9 Å². The monoisotopic (exact) mass is 370 g/mol. The van der Waals surface area contributed by atoms with Crippen molar-refractivity contribution >= 4 is 28.8 Å². The Labute approximate surface area is 154 Å². The van der Waals surface area contributed by atoms with Gasteiger partial charge in [0.05, 0.1) is 11.6 Å². The van der Waals surface area contributed by atoms with Crippen LogP contribution >= 0.6 is 22.9 Å². The molecular weight excluding hydrogens is 356 g/mol. The van der Waals surface area contributed by atoms with Crippen molar-refractivity contribution in [3.63, 3.8) is 0 Å². The molecule has 2 aromatic heterocycles. The fraction of sp³-hybridized carbons (Fsp3) is 0.158. The second kappa shape index (κ2) is 6.86. The summed E-state index contributed by atoms with van der Waals surface area (Å²) in [4.78, 5) is 16.0. The van der Waals surface area contributed by atoms with E-state index < -0.39 is 0 Å². The number of pyridine rings is 1. The number of fused-ring (bicyclic) bond motifs is 1. The fourth-order valence-corrected chi connectivity index (χ4v) is 3.86. The first-order valence-electron chi connectivity index (χ1n) is 7.90. The first-order chi connectivity index (χ1) is 12.2. The third kappa shape index (κ3) is 3.38. The molecule has 0 aliphatic carbocycles. The Balaban J connectivity index is 1.44. The van der Waals surface area contributed by atoms with E-state index in [0.717, 1.165) is 28.9 Å². The zero-order chi connectivity index (χ0) is 17.2. The van der Waals surface area contributed by atoms with Gasteiger partial charge < -0.3 is 10.1 Å². The fourth-order valence-electron chi connectivity index (χ4n) is 2.91. The Bertz CT molecular complexity index is 897. The molecule has 1 aromatic carbocycles. The van der Waals surface area contributed by atoms with Crippen molar-refractivity contribution in [3.8, 4) is 16.9 Å². The van der Waals surface area contributed by atoms with E-state index in [4.69, 9.17) is 16.3 Å². The Morgan fingerprint density at radius 1 is 1.28 bits per heavy atom. The third-order valence-electron chi connectivity index (χ3n) is 4.14. The molecule has 4 rings (SSSR count). The average molecular weight is 371 g/mol. The minimum Gasteiger partial charge on any atom is -0.486 e. The molecule has 0 fully saturated rings. The standard InChI is InChI=1S/C19H15ClN2O2S/c20-17-9-14(13-3-6-25-11-13)7-15-8-16(24-18(15)17)10-22-19(23)12-1-4-21-5-2-12/h1-7,9,11,16H,8,10H2,(H,22,23). The highest BCUT2D eigenvalue weighted by atomic mass is 35.5. The van der Waals surface area contributed by atoms with Crippen molar-refractivity contribution in [2.24, 2.45) is 0 Å². The second-order valence-corrected chi connectivity index (χ2v) is 7.04. The van der Waals surface area contributed by atoms with Crippen LogP contribution in [0.2, 0.25) is 5.02 Å². The molecule has 0 bridgehead atoms. The number of halogens is 1. The van der Waals surface area contributed by atoms with Gasteiger partial charge in [-0.15, -0.1) is 0 Å². The van der Waals surface area contributed by atoms with Crippen LogP contribution in [-0.4, -0.2) is 23.5 Å². The topological polar surface area (TPSA) is 51.2 Å². The molecule has 4 nitrogen and oxygen atoms in total. The molecule has 1 atom stereocenters. The zero-order valence-corrected chi connectivity index (χ0v) is 14.8. The molecule has 126 valence electrons. The molecule has 0 saturated heterocycles. The number of nitrogens with one attached hydrogen (secondary N) is 1. The highest BCUT2D eigenvalue weighted by molar-refractivity contribution is 7.08. The molecule has 1 aliphatic rings. The van der Waals surface area contributed by atoms with Crippen LogP contribution in [-0.2, 0) is 6.42 Å².